The molecule has 1 fully saturated rings. The maximum Gasteiger partial charge on any atom is 0.252 e. The van der Waals surface area contributed by atoms with Crippen LogP contribution in [0.25, 0.3) is 11.5 Å². The van der Waals surface area contributed by atoms with Crippen LogP contribution in [0, 0.1) is 0 Å². The maximum absolute atomic E-state index is 12.1. The number of amides is 1. The van der Waals surface area contributed by atoms with Crippen molar-refractivity contribution in [1.82, 2.24) is 10.3 Å². The Morgan fingerprint density at radius 1 is 1.36 bits per heavy atom. The standard InChI is InChI=1S/C17H20N2O3/c1-21-17(9-5-10-17)16(20)18-11-8-14-12-22-15(19-14)13-6-3-2-4-7-13/h2-4,6-7,12H,5,8-11H2,1H3,(H,18,20). The van der Waals surface area contributed by atoms with E-state index in [-0.39, 0.29) is 5.91 Å². The van der Waals surface area contributed by atoms with Gasteiger partial charge >= 0.3 is 0 Å². The molecule has 0 spiro atoms. The summed E-state index contributed by atoms with van der Waals surface area (Å²) in [6.45, 7) is 0.532. The topological polar surface area (TPSA) is 64.4 Å². The van der Waals surface area contributed by atoms with Gasteiger partial charge in [-0.3, -0.25) is 4.79 Å². The van der Waals surface area contributed by atoms with E-state index in [1.54, 1.807) is 13.4 Å². The van der Waals surface area contributed by atoms with Crippen LogP contribution in [0.15, 0.2) is 41.0 Å². The summed E-state index contributed by atoms with van der Waals surface area (Å²) < 4.78 is 10.8. The van der Waals surface area contributed by atoms with Gasteiger partial charge in [-0.15, -0.1) is 0 Å². The molecule has 22 heavy (non-hydrogen) atoms. The number of methoxy groups -OCH3 is 1. The molecule has 2 aromatic rings. The Morgan fingerprint density at radius 2 is 2.14 bits per heavy atom. The van der Waals surface area contributed by atoms with Gasteiger partial charge in [0.1, 0.15) is 11.9 Å². The molecule has 116 valence electrons. The number of nitrogens with zero attached hydrogens (tertiary/aromatic N) is 1. The van der Waals surface area contributed by atoms with Crippen molar-refractivity contribution in [2.75, 3.05) is 13.7 Å². The fourth-order valence-electron chi connectivity index (χ4n) is 2.62. The average Bonchev–Trinajstić information content (AvgIpc) is 2.96. The fourth-order valence-corrected chi connectivity index (χ4v) is 2.62. The lowest BCUT2D eigenvalue weighted by Gasteiger charge is -2.38. The van der Waals surface area contributed by atoms with Gasteiger partial charge < -0.3 is 14.5 Å². The summed E-state index contributed by atoms with van der Waals surface area (Å²) in [5.41, 5.74) is 1.18. The number of carbonyl (C=O) groups excluding carboxylic acids is 1. The largest absolute Gasteiger partial charge is 0.444 e. The predicted octanol–water partition coefficient (Wildman–Crippen LogP) is 2.57. The van der Waals surface area contributed by atoms with Crippen LogP contribution in [-0.2, 0) is 16.0 Å². The monoisotopic (exact) mass is 300 g/mol. The number of hydrogen-bond donors (Lipinski definition) is 1. The van der Waals surface area contributed by atoms with Crippen molar-refractivity contribution in [2.45, 2.75) is 31.3 Å². The van der Waals surface area contributed by atoms with Crippen LogP contribution in [0.5, 0.6) is 0 Å². The second kappa shape index (κ2) is 6.32. The molecule has 0 aliphatic heterocycles. The minimum Gasteiger partial charge on any atom is -0.444 e. The van der Waals surface area contributed by atoms with Crippen LogP contribution in [0.4, 0.5) is 0 Å². The first-order chi connectivity index (χ1) is 10.7. The van der Waals surface area contributed by atoms with E-state index < -0.39 is 5.60 Å². The number of benzene rings is 1. The molecule has 3 rings (SSSR count). The summed E-state index contributed by atoms with van der Waals surface area (Å²) in [5.74, 6) is 0.585. The second-order valence-electron chi connectivity index (χ2n) is 5.57. The second-order valence-corrected chi connectivity index (χ2v) is 5.57. The van der Waals surface area contributed by atoms with E-state index in [0.29, 0.717) is 18.9 Å². The molecule has 1 aromatic heterocycles. The van der Waals surface area contributed by atoms with Crippen molar-refractivity contribution >= 4 is 5.91 Å². The van der Waals surface area contributed by atoms with Crippen LogP contribution in [0.1, 0.15) is 25.0 Å². The first kappa shape index (κ1) is 14.8. The first-order valence-corrected chi connectivity index (χ1v) is 7.57. The zero-order valence-corrected chi connectivity index (χ0v) is 12.7. The number of ether oxygens (including phenoxy) is 1. The molecule has 1 aromatic carbocycles. The SMILES string of the molecule is COC1(C(=O)NCCc2coc(-c3ccccc3)n2)CCC1. The number of aromatic nitrogens is 1. The highest BCUT2D eigenvalue weighted by Gasteiger charge is 2.44. The van der Waals surface area contributed by atoms with E-state index in [4.69, 9.17) is 9.15 Å². The van der Waals surface area contributed by atoms with Crippen LogP contribution < -0.4 is 5.32 Å². The quantitative estimate of drug-likeness (QED) is 0.890. The van der Waals surface area contributed by atoms with E-state index in [1.807, 2.05) is 30.3 Å². The van der Waals surface area contributed by atoms with Gasteiger partial charge in [-0.2, -0.15) is 0 Å². The number of oxazole rings is 1. The molecular formula is C17H20N2O3. The molecule has 1 amide bonds. The third-order valence-corrected chi connectivity index (χ3v) is 4.20. The molecule has 5 heteroatoms. The predicted molar refractivity (Wildman–Crippen MR) is 82.2 cm³/mol. The third kappa shape index (κ3) is 2.90. The van der Waals surface area contributed by atoms with Crippen molar-refractivity contribution in [2.24, 2.45) is 0 Å². The van der Waals surface area contributed by atoms with Gasteiger partial charge in [0.15, 0.2) is 0 Å². The highest BCUT2D eigenvalue weighted by atomic mass is 16.5. The van der Waals surface area contributed by atoms with Gasteiger partial charge in [0, 0.05) is 25.6 Å². The van der Waals surface area contributed by atoms with Gasteiger partial charge in [0.05, 0.1) is 5.69 Å². The van der Waals surface area contributed by atoms with Crippen LogP contribution >= 0.6 is 0 Å². The highest BCUT2D eigenvalue weighted by molar-refractivity contribution is 5.86. The van der Waals surface area contributed by atoms with Gasteiger partial charge in [-0.1, -0.05) is 18.2 Å². The summed E-state index contributed by atoms with van der Waals surface area (Å²) >= 11 is 0. The third-order valence-electron chi connectivity index (χ3n) is 4.20. The molecular weight excluding hydrogens is 280 g/mol. The molecule has 0 radical (unpaired) electrons. The van der Waals surface area contributed by atoms with Crippen molar-refractivity contribution < 1.29 is 13.9 Å². The molecule has 5 nitrogen and oxygen atoms in total. The molecule has 0 bridgehead atoms. The highest BCUT2D eigenvalue weighted by Crippen LogP contribution is 2.35. The smallest absolute Gasteiger partial charge is 0.252 e. The summed E-state index contributed by atoms with van der Waals surface area (Å²) in [5, 5.41) is 2.93. The first-order valence-electron chi connectivity index (χ1n) is 7.57. The average molecular weight is 300 g/mol. The minimum atomic E-state index is -0.598. The lowest BCUT2D eigenvalue weighted by molar-refractivity contribution is -0.154. The molecule has 0 atom stereocenters. The van der Waals surface area contributed by atoms with Gasteiger partial charge in [0.25, 0.3) is 5.91 Å². The van der Waals surface area contributed by atoms with Crippen LogP contribution in [0.3, 0.4) is 0 Å². The zero-order valence-electron chi connectivity index (χ0n) is 12.7. The van der Waals surface area contributed by atoms with Crippen molar-refractivity contribution in [3.05, 3.63) is 42.3 Å². The van der Waals surface area contributed by atoms with E-state index in [0.717, 1.165) is 30.5 Å². The van der Waals surface area contributed by atoms with Gasteiger partial charge in [-0.05, 0) is 31.4 Å². The minimum absolute atomic E-state index is 0.0203. The number of hydrogen-bond acceptors (Lipinski definition) is 4. The van der Waals surface area contributed by atoms with Crippen LogP contribution in [-0.4, -0.2) is 30.1 Å². The summed E-state index contributed by atoms with van der Waals surface area (Å²) in [6.07, 6.45) is 4.94. The normalized spacial score (nSPS) is 16.0. The number of carbonyl (C=O) groups is 1. The Kier molecular flexibility index (Phi) is 4.24. The molecule has 0 saturated heterocycles. The van der Waals surface area contributed by atoms with E-state index in [2.05, 4.69) is 10.3 Å². The zero-order chi connectivity index (χ0) is 15.4. The Labute approximate surface area is 129 Å². The fraction of sp³-hybridized carbons (Fsp3) is 0.412. The Balaban J connectivity index is 1.52. The van der Waals surface area contributed by atoms with Crippen molar-refractivity contribution in [3.63, 3.8) is 0 Å². The van der Waals surface area contributed by atoms with E-state index in [9.17, 15) is 4.79 Å². The lowest BCUT2D eigenvalue weighted by Crippen LogP contribution is -2.53. The molecule has 1 aliphatic carbocycles. The summed E-state index contributed by atoms with van der Waals surface area (Å²) in [6, 6.07) is 9.76. The molecule has 0 unspecified atom stereocenters. The molecule has 1 saturated carbocycles. The Bertz CT molecular complexity index is 627. The maximum atomic E-state index is 12.1. The lowest BCUT2D eigenvalue weighted by atomic mass is 9.79. The summed E-state index contributed by atoms with van der Waals surface area (Å²) in [4.78, 5) is 16.6. The molecule has 1 heterocycles. The Hall–Kier alpha value is -2.14. The van der Waals surface area contributed by atoms with E-state index in [1.165, 1.54) is 0 Å². The molecule has 1 aliphatic rings. The summed E-state index contributed by atoms with van der Waals surface area (Å²) in [7, 11) is 1.60. The number of rotatable bonds is 6. The van der Waals surface area contributed by atoms with Crippen LogP contribution in [0.2, 0.25) is 0 Å². The van der Waals surface area contributed by atoms with Gasteiger partial charge in [-0.25, -0.2) is 4.98 Å². The van der Waals surface area contributed by atoms with Crippen molar-refractivity contribution in [1.29, 1.82) is 0 Å². The van der Waals surface area contributed by atoms with E-state index >= 15 is 0 Å². The number of nitrogens with one attached hydrogen (secondary N) is 1. The van der Waals surface area contributed by atoms with Gasteiger partial charge in [0.2, 0.25) is 5.89 Å². The molecule has 1 N–H and O–H groups in total. The van der Waals surface area contributed by atoms with Crippen molar-refractivity contribution in [3.8, 4) is 11.5 Å². The Morgan fingerprint density at radius 3 is 2.77 bits per heavy atom.